The van der Waals surface area contributed by atoms with Crippen LogP contribution in [-0.2, 0) is 17.6 Å². The van der Waals surface area contributed by atoms with E-state index in [1.54, 1.807) is 25.4 Å². The Morgan fingerprint density at radius 2 is 1.75 bits per heavy atom. The molecule has 4 rings (SSSR count). The van der Waals surface area contributed by atoms with Gasteiger partial charge in [0, 0.05) is 42.5 Å². The number of ether oxygens (including phenoxy) is 1. The van der Waals surface area contributed by atoms with Crippen molar-refractivity contribution in [3.63, 3.8) is 0 Å². The molecule has 0 radical (unpaired) electrons. The monoisotopic (exact) mass is 490 g/mol. The van der Waals surface area contributed by atoms with E-state index in [0.717, 1.165) is 29.8 Å². The van der Waals surface area contributed by atoms with Crippen LogP contribution in [0.15, 0.2) is 55.1 Å². The molecule has 3 aromatic rings. The van der Waals surface area contributed by atoms with Crippen molar-refractivity contribution in [2.24, 2.45) is 5.41 Å². The second-order valence-corrected chi connectivity index (χ2v) is 11.0. The first-order chi connectivity index (χ1) is 17.0. The summed E-state index contributed by atoms with van der Waals surface area (Å²) in [4.78, 5) is 15.0. The molecule has 1 aliphatic rings. The topological polar surface area (TPSA) is 91.6 Å². The van der Waals surface area contributed by atoms with Gasteiger partial charge in [0.1, 0.15) is 17.5 Å². The fourth-order valence-electron chi connectivity index (χ4n) is 5.43. The summed E-state index contributed by atoms with van der Waals surface area (Å²) in [5, 5.41) is 23.6. The summed E-state index contributed by atoms with van der Waals surface area (Å²) in [6.45, 7) is 9.79. The molecule has 0 amide bonds. The van der Waals surface area contributed by atoms with Crippen LogP contribution < -0.4 is 4.74 Å². The van der Waals surface area contributed by atoms with Crippen LogP contribution in [-0.4, -0.2) is 57.3 Å². The normalized spacial score (nSPS) is 18.8. The maximum absolute atomic E-state index is 12.4. The lowest BCUT2D eigenvalue weighted by atomic mass is 9.62. The molecule has 0 bridgehead atoms. The molecule has 2 aromatic heterocycles. The van der Waals surface area contributed by atoms with Gasteiger partial charge in [0.05, 0.1) is 12.8 Å². The largest absolute Gasteiger partial charge is 0.481 e. The molecule has 1 aliphatic heterocycles. The molecule has 0 aliphatic carbocycles. The number of hydrogen-bond donors (Lipinski definition) is 2. The molecule has 1 fully saturated rings. The lowest BCUT2D eigenvalue weighted by molar-refractivity contribution is -0.127. The summed E-state index contributed by atoms with van der Waals surface area (Å²) in [6, 6.07) is 12.0. The van der Waals surface area contributed by atoms with Crippen molar-refractivity contribution in [3.05, 3.63) is 83.1 Å². The molecule has 36 heavy (non-hydrogen) atoms. The Kier molecular flexibility index (Phi) is 7.19. The Balaban J connectivity index is 1.64. The van der Waals surface area contributed by atoms with Gasteiger partial charge in [-0.1, -0.05) is 45.0 Å². The highest BCUT2D eigenvalue weighted by atomic mass is 16.5. The number of methoxy groups -OCH3 is 1. The summed E-state index contributed by atoms with van der Waals surface area (Å²) in [6.07, 6.45) is 5.97. The minimum Gasteiger partial charge on any atom is -0.481 e. The zero-order valence-corrected chi connectivity index (χ0v) is 22.2. The maximum atomic E-state index is 12.4. The van der Waals surface area contributed by atoms with Gasteiger partial charge in [-0.15, -0.1) is 0 Å². The van der Waals surface area contributed by atoms with Crippen LogP contribution in [0.3, 0.4) is 0 Å². The van der Waals surface area contributed by atoms with Crippen molar-refractivity contribution in [3.8, 4) is 5.88 Å². The molecule has 1 aromatic carbocycles. The average Bonchev–Trinajstić information content (AvgIpc) is 2.86. The molecule has 0 spiro atoms. The fourth-order valence-corrected chi connectivity index (χ4v) is 5.43. The van der Waals surface area contributed by atoms with E-state index in [2.05, 4.69) is 71.9 Å². The van der Waals surface area contributed by atoms with E-state index in [-0.39, 0.29) is 5.41 Å². The Hall–Kier alpha value is -2.87. The van der Waals surface area contributed by atoms with Crippen molar-refractivity contribution in [2.75, 3.05) is 27.2 Å². The first-order valence-corrected chi connectivity index (χ1v) is 12.5. The first kappa shape index (κ1) is 26.2. The molecular formula is C29H38N4O3. The molecule has 7 heteroatoms. The Morgan fingerprint density at radius 1 is 1.06 bits per heavy atom. The third-order valence-electron chi connectivity index (χ3n) is 7.62. The second kappa shape index (κ2) is 9.88. The van der Waals surface area contributed by atoms with Gasteiger partial charge in [-0.3, -0.25) is 4.98 Å². The van der Waals surface area contributed by atoms with E-state index in [1.807, 2.05) is 6.07 Å². The SMILES string of the molecule is COc1cc(C(C)(O)CCc2cncc(C(O)(c3ccc(C(C)C)cc3)C3(C)CN(C)C3)c2)ncn1. The van der Waals surface area contributed by atoms with Crippen LogP contribution >= 0.6 is 0 Å². The van der Waals surface area contributed by atoms with Gasteiger partial charge in [-0.05, 0) is 55.5 Å². The summed E-state index contributed by atoms with van der Waals surface area (Å²) in [5.41, 5.74) is 1.63. The summed E-state index contributed by atoms with van der Waals surface area (Å²) in [7, 11) is 3.61. The first-order valence-electron chi connectivity index (χ1n) is 12.5. The van der Waals surface area contributed by atoms with E-state index in [4.69, 9.17) is 4.74 Å². The molecule has 192 valence electrons. The Bertz CT molecular complexity index is 1190. The van der Waals surface area contributed by atoms with E-state index >= 15 is 0 Å². The minimum absolute atomic E-state index is 0.357. The number of likely N-dealkylation sites (tertiary alicyclic amines) is 1. The zero-order chi connectivity index (χ0) is 26.1. The van der Waals surface area contributed by atoms with Crippen molar-refractivity contribution < 1.29 is 14.9 Å². The number of rotatable bonds is 9. The number of aryl methyl sites for hydroxylation is 1. The smallest absolute Gasteiger partial charge is 0.216 e. The Morgan fingerprint density at radius 3 is 2.36 bits per heavy atom. The number of nitrogens with zero attached hydrogens (tertiary/aromatic N) is 4. The highest BCUT2D eigenvalue weighted by molar-refractivity contribution is 5.42. The number of benzene rings is 1. The van der Waals surface area contributed by atoms with Gasteiger partial charge < -0.3 is 19.8 Å². The predicted octanol–water partition coefficient (Wildman–Crippen LogP) is 4.03. The standard InChI is InChI=1S/C29H38N4O3/c1-20(2)22-7-9-23(10-8-22)29(35,27(3)17-33(5)18-27)24-13-21(15-30-16-24)11-12-28(4,34)25-14-26(36-6)32-19-31-25/h7-10,13-16,19-20,34-35H,11-12,17-18H2,1-6H3. The van der Waals surface area contributed by atoms with Crippen molar-refractivity contribution >= 4 is 0 Å². The predicted molar refractivity (Wildman–Crippen MR) is 140 cm³/mol. The van der Waals surface area contributed by atoms with Crippen LogP contribution in [0.5, 0.6) is 5.88 Å². The minimum atomic E-state index is -1.19. The zero-order valence-electron chi connectivity index (χ0n) is 22.2. The molecule has 0 saturated carbocycles. The third-order valence-corrected chi connectivity index (χ3v) is 7.62. The van der Waals surface area contributed by atoms with E-state index in [9.17, 15) is 10.2 Å². The van der Waals surface area contributed by atoms with Crippen LogP contribution in [0.2, 0.25) is 0 Å². The van der Waals surface area contributed by atoms with Crippen molar-refractivity contribution in [2.45, 2.75) is 57.7 Å². The van der Waals surface area contributed by atoms with Gasteiger partial charge in [-0.2, -0.15) is 0 Å². The molecule has 3 heterocycles. The van der Waals surface area contributed by atoms with Gasteiger partial charge in [0.2, 0.25) is 5.88 Å². The lowest BCUT2D eigenvalue weighted by Crippen LogP contribution is -2.63. The number of pyridine rings is 1. The molecular weight excluding hydrogens is 452 g/mol. The maximum Gasteiger partial charge on any atom is 0.216 e. The van der Waals surface area contributed by atoms with Crippen LogP contribution in [0.4, 0.5) is 0 Å². The van der Waals surface area contributed by atoms with Gasteiger partial charge in [0.25, 0.3) is 0 Å². The number of aliphatic hydroxyl groups is 2. The van der Waals surface area contributed by atoms with E-state index in [0.29, 0.717) is 30.3 Å². The summed E-state index contributed by atoms with van der Waals surface area (Å²) < 4.78 is 5.18. The van der Waals surface area contributed by atoms with Crippen LogP contribution in [0, 0.1) is 5.41 Å². The molecule has 1 saturated heterocycles. The highest BCUT2D eigenvalue weighted by Gasteiger charge is 2.55. The summed E-state index contributed by atoms with van der Waals surface area (Å²) in [5.74, 6) is 0.835. The summed E-state index contributed by atoms with van der Waals surface area (Å²) >= 11 is 0. The Labute approximate surface area is 214 Å². The van der Waals surface area contributed by atoms with Gasteiger partial charge in [-0.25, -0.2) is 9.97 Å². The van der Waals surface area contributed by atoms with Crippen molar-refractivity contribution in [1.82, 2.24) is 19.9 Å². The van der Waals surface area contributed by atoms with Crippen molar-refractivity contribution in [1.29, 1.82) is 0 Å². The fraction of sp³-hybridized carbons (Fsp3) is 0.483. The van der Waals surface area contributed by atoms with Crippen LogP contribution in [0.1, 0.15) is 68.0 Å². The van der Waals surface area contributed by atoms with Crippen LogP contribution in [0.25, 0.3) is 0 Å². The quantitative estimate of drug-likeness (QED) is 0.468. The molecule has 2 unspecified atom stereocenters. The van der Waals surface area contributed by atoms with E-state index < -0.39 is 11.2 Å². The second-order valence-electron chi connectivity index (χ2n) is 11.0. The third kappa shape index (κ3) is 4.88. The molecule has 2 N–H and O–H groups in total. The van der Waals surface area contributed by atoms with E-state index in [1.165, 1.54) is 19.0 Å². The number of hydrogen-bond acceptors (Lipinski definition) is 7. The van der Waals surface area contributed by atoms with Gasteiger partial charge >= 0.3 is 0 Å². The van der Waals surface area contributed by atoms with Gasteiger partial charge in [0.15, 0.2) is 0 Å². The lowest BCUT2D eigenvalue weighted by Gasteiger charge is -2.56. The number of aromatic nitrogens is 3. The molecule has 7 nitrogen and oxygen atoms in total. The average molecular weight is 491 g/mol. The highest BCUT2D eigenvalue weighted by Crippen LogP contribution is 2.50. The molecule has 2 atom stereocenters.